The van der Waals surface area contributed by atoms with Crippen LogP contribution < -0.4 is 5.73 Å². The SMILES string of the molecule is Cc1cc(C)c(COCC2CCCC2CN)c(C)c1. The van der Waals surface area contributed by atoms with E-state index < -0.39 is 0 Å². The van der Waals surface area contributed by atoms with E-state index in [0.717, 1.165) is 19.8 Å². The highest BCUT2D eigenvalue weighted by atomic mass is 16.5. The van der Waals surface area contributed by atoms with Crippen molar-refractivity contribution in [2.75, 3.05) is 13.2 Å². The van der Waals surface area contributed by atoms with Crippen molar-refractivity contribution < 1.29 is 4.74 Å². The molecule has 0 spiro atoms. The van der Waals surface area contributed by atoms with E-state index in [1.807, 2.05) is 0 Å². The zero-order valence-corrected chi connectivity index (χ0v) is 12.5. The molecule has 1 fully saturated rings. The van der Waals surface area contributed by atoms with Crippen molar-refractivity contribution in [3.8, 4) is 0 Å². The van der Waals surface area contributed by atoms with E-state index in [1.165, 1.54) is 41.5 Å². The number of hydrogen-bond donors (Lipinski definition) is 1. The normalized spacial score (nSPS) is 22.9. The summed E-state index contributed by atoms with van der Waals surface area (Å²) < 4.78 is 5.98. The third-order valence-corrected chi connectivity index (χ3v) is 4.54. The second-order valence-electron chi connectivity index (χ2n) is 6.08. The minimum absolute atomic E-state index is 0.677. The van der Waals surface area contributed by atoms with Crippen LogP contribution in [0.15, 0.2) is 12.1 Å². The molecule has 2 N–H and O–H groups in total. The maximum absolute atomic E-state index is 5.98. The van der Waals surface area contributed by atoms with Crippen LogP contribution in [0.25, 0.3) is 0 Å². The van der Waals surface area contributed by atoms with Gasteiger partial charge in [0.1, 0.15) is 0 Å². The van der Waals surface area contributed by atoms with Crippen molar-refractivity contribution in [2.24, 2.45) is 17.6 Å². The van der Waals surface area contributed by atoms with E-state index in [-0.39, 0.29) is 0 Å². The van der Waals surface area contributed by atoms with Crippen LogP contribution in [0.1, 0.15) is 41.5 Å². The molecule has 0 saturated heterocycles. The van der Waals surface area contributed by atoms with E-state index >= 15 is 0 Å². The van der Waals surface area contributed by atoms with Crippen molar-refractivity contribution in [3.63, 3.8) is 0 Å². The lowest BCUT2D eigenvalue weighted by Gasteiger charge is -2.19. The van der Waals surface area contributed by atoms with Crippen LogP contribution in [0.4, 0.5) is 0 Å². The second-order valence-corrected chi connectivity index (χ2v) is 6.08. The summed E-state index contributed by atoms with van der Waals surface area (Å²) in [5.74, 6) is 1.36. The molecule has 106 valence electrons. The van der Waals surface area contributed by atoms with Gasteiger partial charge in [0.05, 0.1) is 13.2 Å². The molecule has 1 aliphatic carbocycles. The van der Waals surface area contributed by atoms with Gasteiger partial charge in [-0.3, -0.25) is 0 Å². The van der Waals surface area contributed by atoms with E-state index in [2.05, 4.69) is 32.9 Å². The summed E-state index contributed by atoms with van der Waals surface area (Å²) in [6.07, 6.45) is 3.89. The molecule has 1 aromatic carbocycles. The Bertz CT molecular complexity index is 404. The smallest absolute Gasteiger partial charge is 0.0722 e. The fourth-order valence-electron chi connectivity index (χ4n) is 3.39. The second kappa shape index (κ2) is 6.53. The van der Waals surface area contributed by atoms with Crippen LogP contribution in [0.5, 0.6) is 0 Å². The molecule has 19 heavy (non-hydrogen) atoms. The maximum Gasteiger partial charge on any atom is 0.0722 e. The predicted molar refractivity (Wildman–Crippen MR) is 80.2 cm³/mol. The lowest BCUT2D eigenvalue weighted by atomic mass is 9.97. The molecule has 1 aromatic rings. The minimum atomic E-state index is 0.677. The summed E-state index contributed by atoms with van der Waals surface area (Å²) in [4.78, 5) is 0. The minimum Gasteiger partial charge on any atom is -0.376 e. The van der Waals surface area contributed by atoms with Crippen molar-refractivity contribution in [1.82, 2.24) is 0 Å². The quantitative estimate of drug-likeness (QED) is 0.880. The van der Waals surface area contributed by atoms with Gasteiger partial charge in [-0.2, -0.15) is 0 Å². The molecule has 0 radical (unpaired) electrons. The van der Waals surface area contributed by atoms with Gasteiger partial charge >= 0.3 is 0 Å². The first-order chi connectivity index (χ1) is 9.11. The zero-order valence-electron chi connectivity index (χ0n) is 12.5. The Kier molecular flexibility index (Phi) is 5.00. The van der Waals surface area contributed by atoms with Crippen molar-refractivity contribution in [2.45, 2.75) is 46.6 Å². The highest BCUT2D eigenvalue weighted by Crippen LogP contribution is 2.31. The number of aryl methyl sites for hydroxylation is 3. The topological polar surface area (TPSA) is 35.2 Å². The summed E-state index contributed by atoms with van der Waals surface area (Å²) in [5, 5.41) is 0. The molecule has 0 heterocycles. The molecule has 2 heteroatoms. The first-order valence-corrected chi connectivity index (χ1v) is 7.46. The Balaban J connectivity index is 1.89. The van der Waals surface area contributed by atoms with Crippen LogP contribution in [0.2, 0.25) is 0 Å². The van der Waals surface area contributed by atoms with Crippen LogP contribution in [-0.4, -0.2) is 13.2 Å². The lowest BCUT2D eigenvalue weighted by Crippen LogP contribution is -2.22. The van der Waals surface area contributed by atoms with Gasteiger partial charge in [-0.25, -0.2) is 0 Å². The van der Waals surface area contributed by atoms with Crippen molar-refractivity contribution in [1.29, 1.82) is 0 Å². The van der Waals surface area contributed by atoms with Crippen molar-refractivity contribution >= 4 is 0 Å². The van der Waals surface area contributed by atoms with Crippen LogP contribution in [0, 0.1) is 32.6 Å². The molecule has 2 rings (SSSR count). The zero-order chi connectivity index (χ0) is 13.8. The summed E-state index contributed by atoms with van der Waals surface area (Å²) in [6.45, 7) is 8.93. The van der Waals surface area contributed by atoms with Crippen LogP contribution in [-0.2, 0) is 11.3 Å². The molecule has 1 aliphatic rings. The van der Waals surface area contributed by atoms with E-state index in [1.54, 1.807) is 0 Å². The average molecular weight is 261 g/mol. The largest absolute Gasteiger partial charge is 0.376 e. The van der Waals surface area contributed by atoms with E-state index in [4.69, 9.17) is 10.5 Å². The molecule has 0 amide bonds. The number of benzene rings is 1. The average Bonchev–Trinajstić information content (AvgIpc) is 2.79. The highest BCUT2D eigenvalue weighted by Gasteiger charge is 2.26. The molecule has 2 nitrogen and oxygen atoms in total. The maximum atomic E-state index is 5.98. The fourth-order valence-corrected chi connectivity index (χ4v) is 3.39. The highest BCUT2D eigenvalue weighted by molar-refractivity contribution is 5.36. The Hall–Kier alpha value is -0.860. The molecule has 2 unspecified atom stereocenters. The summed E-state index contributed by atoms with van der Waals surface area (Å²) >= 11 is 0. The standard InChI is InChI=1S/C17H27NO/c1-12-7-13(2)17(14(3)8-12)11-19-10-16-6-4-5-15(16)9-18/h7-8,15-16H,4-6,9-11,18H2,1-3H3. The molecule has 0 bridgehead atoms. The third-order valence-electron chi connectivity index (χ3n) is 4.54. The van der Waals surface area contributed by atoms with Crippen LogP contribution in [0.3, 0.4) is 0 Å². The van der Waals surface area contributed by atoms with Gasteiger partial charge in [-0.15, -0.1) is 0 Å². The molecule has 1 saturated carbocycles. The monoisotopic (exact) mass is 261 g/mol. The Morgan fingerprint density at radius 2 is 1.74 bits per heavy atom. The van der Waals surface area contributed by atoms with Crippen LogP contribution >= 0.6 is 0 Å². The Labute approximate surface area is 117 Å². The summed E-state index contributed by atoms with van der Waals surface area (Å²) in [5.41, 5.74) is 11.2. The number of hydrogen-bond acceptors (Lipinski definition) is 2. The van der Waals surface area contributed by atoms with Gasteiger partial charge in [0.15, 0.2) is 0 Å². The van der Waals surface area contributed by atoms with E-state index in [0.29, 0.717) is 11.8 Å². The Morgan fingerprint density at radius 3 is 2.37 bits per heavy atom. The number of rotatable bonds is 5. The molecule has 0 aliphatic heterocycles. The Morgan fingerprint density at radius 1 is 1.11 bits per heavy atom. The fraction of sp³-hybridized carbons (Fsp3) is 0.647. The number of nitrogens with two attached hydrogens (primary N) is 1. The summed E-state index contributed by atoms with van der Waals surface area (Å²) in [7, 11) is 0. The van der Waals surface area contributed by atoms with Gasteiger partial charge in [-0.05, 0) is 68.7 Å². The van der Waals surface area contributed by atoms with Gasteiger partial charge in [-0.1, -0.05) is 24.1 Å². The molecular formula is C17H27NO. The lowest BCUT2D eigenvalue weighted by molar-refractivity contribution is 0.0748. The molecular weight excluding hydrogens is 234 g/mol. The van der Waals surface area contributed by atoms with Gasteiger partial charge < -0.3 is 10.5 Å². The first-order valence-electron chi connectivity index (χ1n) is 7.46. The number of ether oxygens (including phenoxy) is 1. The van der Waals surface area contributed by atoms with Gasteiger partial charge in [0.2, 0.25) is 0 Å². The molecule has 2 atom stereocenters. The van der Waals surface area contributed by atoms with Crippen molar-refractivity contribution in [3.05, 3.63) is 34.4 Å². The van der Waals surface area contributed by atoms with E-state index in [9.17, 15) is 0 Å². The predicted octanol–water partition coefficient (Wildman–Crippen LogP) is 3.50. The summed E-state index contributed by atoms with van der Waals surface area (Å²) in [6, 6.07) is 4.48. The third kappa shape index (κ3) is 3.58. The van der Waals surface area contributed by atoms with Gasteiger partial charge in [0, 0.05) is 0 Å². The first kappa shape index (κ1) is 14.5. The molecule has 0 aromatic heterocycles. The van der Waals surface area contributed by atoms with Gasteiger partial charge in [0.25, 0.3) is 0 Å².